The van der Waals surface area contributed by atoms with E-state index in [0.29, 0.717) is 25.1 Å². The monoisotopic (exact) mass is 501 g/mol. The van der Waals surface area contributed by atoms with Crippen molar-refractivity contribution in [3.05, 3.63) is 65.7 Å². The smallest absolute Gasteiger partial charge is 0.244 e. The molecule has 8 heteroatoms. The second-order valence-corrected chi connectivity index (χ2v) is 11.7. The molecule has 2 aromatic carbocycles. The summed E-state index contributed by atoms with van der Waals surface area (Å²) in [5.41, 5.74) is 2.07. The molecule has 0 aliphatic rings. The van der Waals surface area contributed by atoms with Crippen LogP contribution in [0.25, 0.3) is 0 Å². The molecule has 7 nitrogen and oxygen atoms in total. The average Bonchev–Trinajstić information content (AvgIpc) is 2.78. The molecule has 0 aromatic heterocycles. The second kappa shape index (κ2) is 12.2. The maximum atomic E-state index is 13.6. The lowest BCUT2D eigenvalue weighted by molar-refractivity contribution is -0.140. The Hall–Kier alpha value is -2.87. The Kier molecular flexibility index (Phi) is 9.89. The molecule has 0 saturated carbocycles. The molecule has 0 heterocycles. The van der Waals surface area contributed by atoms with Gasteiger partial charge in [-0.3, -0.25) is 13.9 Å². The number of hydrogen-bond donors (Lipinski definition) is 1. The van der Waals surface area contributed by atoms with Crippen LogP contribution in [0.4, 0.5) is 5.69 Å². The Balaban J connectivity index is 2.37. The zero-order valence-corrected chi connectivity index (χ0v) is 22.6. The third kappa shape index (κ3) is 8.69. The molecule has 0 radical (unpaired) electrons. The average molecular weight is 502 g/mol. The third-order valence-electron chi connectivity index (χ3n) is 5.68. The lowest BCUT2D eigenvalue weighted by Gasteiger charge is -2.34. The molecule has 192 valence electrons. The van der Waals surface area contributed by atoms with Crippen LogP contribution in [0.1, 0.15) is 52.2 Å². The number of amides is 2. The normalized spacial score (nSPS) is 12.6. The Bertz CT molecular complexity index is 1080. The summed E-state index contributed by atoms with van der Waals surface area (Å²) in [6.07, 6.45) is 2.88. The molecule has 1 atom stereocenters. The van der Waals surface area contributed by atoms with Crippen LogP contribution in [0, 0.1) is 0 Å². The number of nitrogens with zero attached hydrogens (tertiary/aromatic N) is 2. The molecule has 2 rings (SSSR count). The van der Waals surface area contributed by atoms with Crippen LogP contribution < -0.4 is 9.62 Å². The number of carbonyl (C=O) groups excluding carboxylic acids is 2. The highest BCUT2D eigenvalue weighted by Crippen LogP contribution is 2.20. The van der Waals surface area contributed by atoms with Gasteiger partial charge in [0.1, 0.15) is 12.6 Å². The van der Waals surface area contributed by atoms with E-state index in [-0.39, 0.29) is 12.5 Å². The van der Waals surface area contributed by atoms with Crippen LogP contribution in [-0.2, 0) is 32.5 Å². The van der Waals surface area contributed by atoms with Gasteiger partial charge in [-0.1, -0.05) is 56.3 Å². The van der Waals surface area contributed by atoms with E-state index in [4.69, 9.17) is 0 Å². The molecule has 0 fully saturated rings. The minimum atomic E-state index is -3.73. The Morgan fingerprint density at radius 2 is 1.54 bits per heavy atom. The molecule has 0 saturated heterocycles. The van der Waals surface area contributed by atoms with Crippen molar-refractivity contribution < 1.29 is 18.0 Å². The first-order valence-electron chi connectivity index (χ1n) is 12.1. The Labute approximate surface area is 210 Å². The first-order chi connectivity index (χ1) is 16.4. The van der Waals surface area contributed by atoms with E-state index in [1.165, 1.54) is 4.90 Å². The Morgan fingerprint density at radius 1 is 0.943 bits per heavy atom. The fourth-order valence-corrected chi connectivity index (χ4v) is 4.71. The highest BCUT2D eigenvalue weighted by atomic mass is 32.2. The predicted octanol–water partition coefficient (Wildman–Crippen LogP) is 3.78. The standard InChI is InChI=1S/C27H39N3O4S/c1-7-21-14-16-23(17-15-21)30(35(6,33)34)20-25(31)29(19-18-22-12-10-9-11-13-22)24(8-2)26(32)28-27(3,4)5/h9-17,24H,7-8,18-20H2,1-6H3,(H,28,32). The number of nitrogens with one attached hydrogen (secondary N) is 1. The molecule has 0 aliphatic heterocycles. The van der Waals surface area contributed by atoms with Gasteiger partial charge in [0.25, 0.3) is 0 Å². The van der Waals surface area contributed by atoms with Crippen LogP contribution >= 0.6 is 0 Å². The minimum Gasteiger partial charge on any atom is -0.350 e. The number of carbonyl (C=O) groups is 2. The summed E-state index contributed by atoms with van der Waals surface area (Å²) in [5.74, 6) is -0.665. The van der Waals surface area contributed by atoms with E-state index < -0.39 is 27.5 Å². The van der Waals surface area contributed by atoms with Gasteiger partial charge in [0.15, 0.2) is 0 Å². The van der Waals surface area contributed by atoms with Gasteiger partial charge in [0.2, 0.25) is 21.8 Å². The van der Waals surface area contributed by atoms with Crippen LogP contribution in [0.15, 0.2) is 54.6 Å². The highest BCUT2D eigenvalue weighted by molar-refractivity contribution is 7.92. The van der Waals surface area contributed by atoms with Gasteiger partial charge in [0, 0.05) is 12.1 Å². The minimum absolute atomic E-state index is 0.250. The number of hydrogen-bond acceptors (Lipinski definition) is 4. The van der Waals surface area contributed by atoms with Gasteiger partial charge in [0.05, 0.1) is 11.9 Å². The van der Waals surface area contributed by atoms with Crippen molar-refractivity contribution in [2.75, 3.05) is 23.7 Å². The molecule has 0 aliphatic carbocycles. The summed E-state index contributed by atoms with van der Waals surface area (Å²) in [4.78, 5) is 28.3. The topological polar surface area (TPSA) is 86.8 Å². The van der Waals surface area contributed by atoms with Gasteiger partial charge in [-0.05, 0) is 63.3 Å². The van der Waals surface area contributed by atoms with E-state index in [0.717, 1.165) is 28.1 Å². The van der Waals surface area contributed by atoms with Gasteiger partial charge in [-0.2, -0.15) is 0 Å². The molecule has 35 heavy (non-hydrogen) atoms. The largest absolute Gasteiger partial charge is 0.350 e. The van der Waals surface area contributed by atoms with Crippen molar-refractivity contribution in [2.45, 2.75) is 65.5 Å². The predicted molar refractivity (Wildman–Crippen MR) is 142 cm³/mol. The fraction of sp³-hybridized carbons (Fsp3) is 0.481. The zero-order valence-electron chi connectivity index (χ0n) is 21.7. The van der Waals surface area contributed by atoms with Gasteiger partial charge < -0.3 is 10.2 Å². The Morgan fingerprint density at radius 3 is 2.03 bits per heavy atom. The summed E-state index contributed by atoms with van der Waals surface area (Å²) in [6, 6.07) is 16.1. The summed E-state index contributed by atoms with van der Waals surface area (Å²) in [7, 11) is -3.73. The van der Waals surface area contributed by atoms with E-state index in [2.05, 4.69) is 5.32 Å². The van der Waals surface area contributed by atoms with Gasteiger partial charge in [-0.25, -0.2) is 8.42 Å². The number of benzene rings is 2. The van der Waals surface area contributed by atoms with E-state index >= 15 is 0 Å². The van der Waals surface area contributed by atoms with Crippen LogP contribution in [0.5, 0.6) is 0 Å². The second-order valence-electron chi connectivity index (χ2n) is 9.78. The number of anilines is 1. The molecule has 1 unspecified atom stereocenters. The molecule has 2 aromatic rings. The molecule has 0 spiro atoms. The number of sulfonamides is 1. The first-order valence-corrected chi connectivity index (χ1v) is 13.9. The molecular formula is C27H39N3O4S. The van der Waals surface area contributed by atoms with Crippen molar-refractivity contribution in [3.8, 4) is 0 Å². The van der Waals surface area contributed by atoms with Gasteiger partial charge >= 0.3 is 0 Å². The third-order valence-corrected chi connectivity index (χ3v) is 6.82. The van der Waals surface area contributed by atoms with Crippen molar-refractivity contribution in [2.24, 2.45) is 0 Å². The zero-order chi connectivity index (χ0) is 26.2. The van der Waals surface area contributed by atoms with Crippen molar-refractivity contribution in [3.63, 3.8) is 0 Å². The van der Waals surface area contributed by atoms with E-state index in [1.807, 2.05) is 77.1 Å². The number of aryl methyl sites for hydroxylation is 1. The summed E-state index contributed by atoms with van der Waals surface area (Å²) in [5, 5.41) is 2.97. The molecular weight excluding hydrogens is 462 g/mol. The number of rotatable bonds is 11. The van der Waals surface area contributed by atoms with Crippen molar-refractivity contribution in [1.82, 2.24) is 10.2 Å². The van der Waals surface area contributed by atoms with Crippen LogP contribution in [0.2, 0.25) is 0 Å². The molecule has 2 amide bonds. The summed E-state index contributed by atoms with van der Waals surface area (Å²) >= 11 is 0. The first kappa shape index (κ1) is 28.4. The van der Waals surface area contributed by atoms with Crippen molar-refractivity contribution >= 4 is 27.5 Å². The quantitative estimate of drug-likeness (QED) is 0.508. The maximum absolute atomic E-state index is 13.6. The fourth-order valence-electron chi connectivity index (χ4n) is 3.86. The lowest BCUT2D eigenvalue weighted by atomic mass is 10.1. The maximum Gasteiger partial charge on any atom is 0.244 e. The SMILES string of the molecule is CCc1ccc(N(CC(=O)N(CCc2ccccc2)C(CC)C(=O)NC(C)(C)C)S(C)(=O)=O)cc1. The van der Waals surface area contributed by atoms with E-state index in [9.17, 15) is 18.0 Å². The summed E-state index contributed by atoms with van der Waals surface area (Å²) in [6.45, 7) is 9.46. The lowest BCUT2D eigenvalue weighted by Crippen LogP contribution is -2.56. The van der Waals surface area contributed by atoms with Gasteiger partial charge in [-0.15, -0.1) is 0 Å². The van der Waals surface area contributed by atoms with E-state index in [1.54, 1.807) is 12.1 Å². The van der Waals surface area contributed by atoms with Crippen LogP contribution in [0.3, 0.4) is 0 Å². The van der Waals surface area contributed by atoms with Crippen molar-refractivity contribution in [1.29, 1.82) is 0 Å². The molecule has 0 bridgehead atoms. The highest BCUT2D eigenvalue weighted by Gasteiger charge is 2.32. The molecule has 1 N–H and O–H groups in total. The van der Waals surface area contributed by atoms with Crippen LogP contribution in [-0.4, -0.2) is 56.1 Å². The summed E-state index contributed by atoms with van der Waals surface area (Å²) < 4.78 is 26.4.